The Labute approximate surface area is 214 Å². The standard InChI is InChI=1S/C25H36N4O3.HI/c1-6-26-25(27-15-20-13-22(30-3)24(32-5)23(14-20)31-4)28-21-12-18(2)29(17-21)16-19-10-8-7-9-11-19;/h7-11,13-14,18,21H,6,12,15-17H2,1-5H3,(H2,26,27,28);1H. The maximum atomic E-state index is 5.46. The van der Waals surface area contributed by atoms with Crippen LogP contribution in [-0.2, 0) is 13.1 Å². The van der Waals surface area contributed by atoms with Crippen LogP contribution in [-0.4, -0.2) is 57.4 Å². The first-order chi connectivity index (χ1) is 15.6. The van der Waals surface area contributed by atoms with Gasteiger partial charge in [0, 0.05) is 31.7 Å². The number of halogens is 1. The quantitative estimate of drug-likeness (QED) is 0.271. The van der Waals surface area contributed by atoms with E-state index in [0.29, 0.717) is 35.9 Å². The highest BCUT2D eigenvalue weighted by molar-refractivity contribution is 14.0. The number of ether oxygens (including phenoxy) is 3. The van der Waals surface area contributed by atoms with E-state index in [1.54, 1.807) is 21.3 Å². The molecule has 0 saturated carbocycles. The van der Waals surface area contributed by atoms with Crippen LogP contribution in [0.2, 0.25) is 0 Å². The van der Waals surface area contributed by atoms with E-state index >= 15 is 0 Å². The molecule has 0 aromatic heterocycles. The molecular weight excluding hydrogens is 531 g/mol. The van der Waals surface area contributed by atoms with E-state index in [2.05, 4.69) is 59.7 Å². The van der Waals surface area contributed by atoms with Gasteiger partial charge < -0.3 is 24.8 Å². The van der Waals surface area contributed by atoms with Gasteiger partial charge in [-0.1, -0.05) is 30.3 Å². The first-order valence-corrected chi connectivity index (χ1v) is 11.2. The molecule has 1 heterocycles. The molecule has 0 amide bonds. The lowest BCUT2D eigenvalue weighted by atomic mass is 10.2. The summed E-state index contributed by atoms with van der Waals surface area (Å²) in [6.45, 7) is 7.64. The highest BCUT2D eigenvalue weighted by Crippen LogP contribution is 2.38. The smallest absolute Gasteiger partial charge is 0.203 e. The fraction of sp³-hybridized carbons (Fsp3) is 0.480. The van der Waals surface area contributed by atoms with Crippen LogP contribution < -0.4 is 24.8 Å². The lowest BCUT2D eigenvalue weighted by Gasteiger charge is -2.21. The molecular formula is C25H37IN4O3. The normalized spacial score (nSPS) is 18.4. The van der Waals surface area contributed by atoms with Crippen molar-refractivity contribution >= 4 is 29.9 Å². The van der Waals surface area contributed by atoms with Gasteiger partial charge in [-0.25, -0.2) is 4.99 Å². The third-order valence-corrected chi connectivity index (χ3v) is 5.76. The van der Waals surface area contributed by atoms with Crippen molar-refractivity contribution in [3.05, 3.63) is 53.6 Å². The number of benzene rings is 2. The van der Waals surface area contributed by atoms with Crippen molar-refractivity contribution in [3.63, 3.8) is 0 Å². The van der Waals surface area contributed by atoms with Crippen molar-refractivity contribution in [3.8, 4) is 17.2 Å². The SMILES string of the molecule is CCNC(=NCc1cc(OC)c(OC)c(OC)c1)NC1CC(C)N(Cc2ccccc2)C1.I. The molecule has 1 aliphatic rings. The zero-order valence-electron chi connectivity index (χ0n) is 20.3. The zero-order chi connectivity index (χ0) is 22.9. The Bertz CT molecular complexity index is 869. The van der Waals surface area contributed by atoms with Crippen LogP contribution in [0.3, 0.4) is 0 Å². The predicted octanol–water partition coefficient (Wildman–Crippen LogP) is 4.05. The molecule has 0 bridgehead atoms. The number of hydrogen-bond donors (Lipinski definition) is 2. The third-order valence-electron chi connectivity index (χ3n) is 5.76. The Morgan fingerprint density at radius 2 is 1.70 bits per heavy atom. The lowest BCUT2D eigenvalue weighted by molar-refractivity contribution is 0.258. The summed E-state index contributed by atoms with van der Waals surface area (Å²) in [6.07, 6.45) is 1.08. The van der Waals surface area contributed by atoms with Crippen molar-refractivity contribution < 1.29 is 14.2 Å². The van der Waals surface area contributed by atoms with Crippen molar-refractivity contribution in [1.29, 1.82) is 0 Å². The largest absolute Gasteiger partial charge is 0.493 e. The topological polar surface area (TPSA) is 67.4 Å². The molecule has 0 radical (unpaired) electrons. The Balaban J connectivity index is 0.00000385. The molecule has 3 rings (SSSR count). The fourth-order valence-corrected chi connectivity index (χ4v) is 4.15. The zero-order valence-corrected chi connectivity index (χ0v) is 22.6. The van der Waals surface area contributed by atoms with E-state index in [1.165, 1.54) is 5.56 Å². The summed E-state index contributed by atoms with van der Waals surface area (Å²) in [6, 6.07) is 15.4. The molecule has 33 heavy (non-hydrogen) atoms. The van der Waals surface area contributed by atoms with Gasteiger partial charge in [-0.05, 0) is 43.5 Å². The molecule has 1 aliphatic heterocycles. The van der Waals surface area contributed by atoms with Gasteiger partial charge in [-0.15, -0.1) is 24.0 Å². The van der Waals surface area contributed by atoms with Crippen molar-refractivity contribution in [2.75, 3.05) is 34.4 Å². The van der Waals surface area contributed by atoms with Gasteiger partial charge in [-0.2, -0.15) is 0 Å². The van der Waals surface area contributed by atoms with Gasteiger partial charge in [0.25, 0.3) is 0 Å². The maximum absolute atomic E-state index is 5.46. The molecule has 2 atom stereocenters. The Morgan fingerprint density at radius 3 is 2.27 bits per heavy atom. The predicted molar refractivity (Wildman–Crippen MR) is 144 cm³/mol. The highest BCUT2D eigenvalue weighted by Gasteiger charge is 2.29. The van der Waals surface area contributed by atoms with Gasteiger partial charge in [0.15, 0.2) is 17.5 Å². The summed E-state index contributed by atoms with van der Waals surface area (Å²) >= 11 is 0. The van der Waals surface area contributed by atoms with Crippen molar-refractivity contribution in [1.82, 2.24) is 15.5 Å². The average molecular weight is 569 g/mol. The molecule has 2 unspecified atom stereocenters. The number of hydrogen-bond acceptors (Lipinski definition) is 5. The summed E-state index contributed by atoms with van der Waals surface area (Å²) in [5.74, 6) is 2.68. The monoisotopic (exact) mass is 568 g/mol. The molecule has 0 spiro atoms. The van der Waals surface area contributed by atoms with Crippen molar-refractivity contribution in [2.45, 2.75) is 45.4 Å². The average Bonchev–Trinajstić information content (AvgIpc) is 3.15. The molecule has 0 aliphatic carbocycles. The first kappa shape index (κ1) is 27.0. The van der Waals surface area contributed by atoms with Crippen LogP contribution in [0.25, 0.3) is 0 Å². The summed E-state index contributed by atoms with van der Waals surface area (Å²) in [5, 5.41) is 7.00. The Hall–Kier alpha value is -2.20. The molecule has 8 heteroatoms. The second-order valence-corrected chi connectivity index (χ2v) is 8.07. The van der Waals surface area contributed by atoms with Crippen LogP contribution in [0, 0.1) is 0 Å². The molecule has 2 aromatic rings. The molecule has 2 N–H and O–H groups in total. The van der Waals surface area contributed by atoms with Crippen LogP contribution in [0.5, 0.6) is 17.2 Å². The number of nitrogens with zero attached hydrogens (tertiary/aromatic N) is 2. The second-order valence-electron chi connectivity index (χ2n) is 8.07. The Kier molecular flexibility index (Phi) is 11.1. The molecule has 1 fully saturated rings. The van der Waals surface area contributed by atoms with Crippen molar-refractivity contribution in [2.24, 2.45) is 4.99 Å². The molecule has 7 nitrogen and oxygen atoms in total. The molecule has 1 saturated heterocycles. The van der Waals surface area contributed by atoms with Crippen LogP contribution in [0.15, 0.2) is 47.5 Å². The fourth-order valence-electron chi connectivity index (χ4n) is 4.15. The number of nitrogens with one attached hydrogen (secondary N) is 2. The van der Waals surface area contributed by atoms with Crippen LogP contribution in [0.1, 0.15) is 31.4 Å². The summed E-state index contributed by atoms with van der Waals surface area (Å²) in [5.41, 5.74) is 2.34. The van der Waals surface area contributed by atoms with Gasteiger partial charge in [-0.3, -0.25) is 4.90 Å². The van der Waals surface area contributed by atoms with E-state index in [1.807, 2.05) is 12.1 Å². The molecule has 182 valence electrons. The van der Waals surface area contributed by atoms with Gasteiger partial charge >= 0.3 is 0 Å². The van der Waals surface area contributed by atoms with Crippen LogP contribution >= 0.6 is 24.0 Å². The summed E-state index contributed by atoms with van der Waals surface area (Å²) in [4.78, 5) is 7.34. The van der Waals surface area contributed by atoms with E-state index in [0.717, 1.165) is 37.6 Å². The number of guanidine groups is 1. The minimum Gasteiger partial charge on any atom is -0.493 e. The maximum Gasteiger partial charge on any atom is 0.203 e. The van der Waals surface area contributed by atoms with Gasteiger partial charge in [0.2, 0.25) is 5.75 Å². The summed E-state index contributed by atoms with van der Waals surface area (Å²) in [7, 11) is 4.85. The third kappa shape index (κ3) is 7.40. The van der Waals surface area contributed by atoms with E-state index in [9.17, 15) is 0 Å². The summed E-state index contributed by atoms with van der Waals surface area (Å²) < 4.78 is 16.3. The minimum absolute atomic E-state index is 0. The van der Waals surface area contributed by atoms with E-state index in [-0.39, 0.29) is 24.0 Å². The number of likely N-dealkylation sites (tertiary alicyclic amines) is 1. The number of methoxy groups -OCH3 is 3. The number of rotatable bonds is 9. The van der Waals surface area contributed by atoms with Gasteiger partial charge in [0.05, 0.1) is 27.9 Å². The highest BCUT2D eigenvalue weighted by atomic mass is 127. The number of aliphatic imine (C=N–C) groups is 1. The van der Waals surface area contributed by atoms with E-state index < -0.39 is 0 Å². The van der Waals surface area contributed by atoms with E-state index in [4.69, 9.17) is 19.2 Å². The molecule has 2 aromatic carbocycles. The Morgan fingerprint density at radius 1 is 1.03 bits per heavy atom. The second kappa shape index (κ2) is 13.5. The minimum atomic E-state index is 0. The first-order valence-electron chi connectivity index (χ1n) is 11.2. The van der Waals surface area contributed by atoms with Crippen LogP contribution in [0.4, 0.5) is 0 Å². The lowest BCUT2D eigenvalue weighted by Crippen LogP contribution is -2.44. The van der Waals surface area contributed by atoms with Gasteiger partial charge in [0.1, 0.15) is 0 Å².